The van der Waals surface area contributed by atoms with E-state index in [9.17, 15) is 4.79 Å². The average molecular weight is 308 g/mol. The van der Waals surface area contributed by atoms with Gasteiger partial charge in [0.1, 0.15) is 0 Å². The van der Waals surface area contributed by atoms with Crippen molar-refractivity contribution in [1.29, 1.82) is 0 Å². The van der Waals surface area contributed by atoms with E-state index in [0.717, 1.165) is 42.8 Å². The summed E-state index contributed by atoms with van der Waals surface area (Å²) in [5.41, 5.74) is 0.813. The second kappa shape index (κ2) is 6.32. The molecule has 0 atom stereocenters. The first-order valence-corrected chi connectivity index (χ1v) is 8.81. The van der Waals surface area contributed by atoms with Crippen LogP contribution in [-0.4, -0.2) is 36.5 Å². The van der Waals surface area contributed by atoms with E-state index in [1.807, 2.05) is 35.2 Å². The van der Waals surface area contributed by atoms with Gasteiger partial charge in [0.05, 0.1) is 0 Å². The first-order chi connectivity index (χ1) is 11.3. The fraction of sp³-hybridized carbons (Fsp3) is 0.450. The van der Waals surface area contributed by atoms with Crippen molar-refractivity contribution in [2.24, 2.45) is 5.92 Å². The molecule has 1 amide bonds. The van der Waals surface area contributed by atoms with Crippen molar-refractivity contribution in [3.8, 4) is 0 Å². The van der Waals surface area contributed by atoms with Crippen LogP contribution in [0.3, 0.4) is 0 Å². The van der Waals surface area contributed by atoms with Crippen molar-refractivity contribution >= 4 is 16.7 Å². The maximum absolute atomic E-state index is 12.7. The van der Waals surface area contributed by atoms with Gasteiger partial charge in [-0.1, -0.05) is 30.3 Å². The van der Waals surface area contributed by atoms with E-state index in [2.05, 4.69) is 17.4 Å². The van der Waals surface area contributed by atoms with E-state index in [1.165, 1.54) is 24.8 Å². The van der Waals surface area contributed by atoms with Crippen LogP contribution in [0.4, 0.5) is 0 Å². The SMILES string of the molecule is O=C(c1ccc2ccccc2c1)N1CCC(NCC2CC2)CC1. The molecule has 2 aromatic carbocycles. The molecule has 1 heterocycles. The van der Waals surface area contributed by atoms with Gasteiger partial charge in [-0.05, 0) is 61.1 Å². The van der Waals surface area contributed by atoms with E-state index in [0.29, 0.717) is 6.04 Å². The molecular weight excluding hydrogens is 284 g/mol. The molecule has 1 aliphatic heterocycles. The largest absolute Gasteiger partial charge is 0.339 e. The Hall–Kier alpha value is -1.87. The van der Waals surface area contributed by atoms with E-state index in [-0.39, 0.29) is 5.91 Å². The van der Waals surface area contributed by atoms with Crippen molar-refractivity contribution in [3.63, 3.8) is 0 Å². The lowest BCUT2D eigenvalue weighted by atomic mass is 10.0. The third-order valence-electron chi connectivity index (χ3n) is 5.17. The Kier molecular flexibility index (Phi) is 4.04. The lowest BCUT2D eigenvalue weighted by Crippen LogP contribution is -2.45. The molecule has 23 heavy (non-hydrogen) atoms. The Morgan fingerprint density at radius 1 is 1.00 bits per heavy atom. The number of rotatable bonds is 4. The zero-order chi connectivity index (χ0) is 15.6. The lowest BCUT2D eigenvalue weighted by molar-refractivity contribution is 0.0705. The van der Waals surface area contributed by atoms with Crippen LogP contribution in [0.5, 0.6) is 0 Å². The van der Waals surface area contributed by atoms with Gasteiger partial charge >= 0.3 is 0 Å². The molecule has 3 heteroatoms. The Bertz CT molecular complexity index is 700. The van der Waals surface area contributed by atoms with Crippen LogP contribution >= 0.6 is 0 Å². The summed E-state index contributed by atoms with van der Waals surface area (Å²) >= 11 is 0. The minimum Gasteiger partial charge on any atom is -0.339 e. The molecular formula is C20H24N2O. The van der Waals surface area contributed by atoms with Crippen LogP contribution in [0, 0.1) is 5.92 Å². The number of benzene rings is 2. The molecule has 2 fully saturated rings. The molecule has 0 radical (unpaired) electrons. The number of fused-ring (bicyclic) bond motifs is 1. The molecule has 1 saturated carbocycles. The van der Waals surface area contributed by atoms with Crippen LogP contribution in [0.2, 0.25) is 0 Å². The first-order valence-electron chi connectivity index (χ1n) is 8.81. The summed E-state index contributed by atoms with van der Waals surface area (Å²) in [6, 6.07) is 14.8. The number of amides is 1. The quantitative estimate of drug-likeness (QED) is 0.938. The highest BCUT2D eigenvalue weighted by atomic mass is 16.2. The highest BCUT2D eigenvalue weighted by molar-refractivity contribution is 5.98. The Labute approximate surface area is 137 Å². The molecule has 1 saturated heterocycles. The fourth-order valence-electron chi connectivity index (χ4n) is 3.45. The summed E-state index contributed by atoms with van der Waals surface area (Å²) in [4.78, 5) is 14.7. The van der Waals surface area contributed by atoms with Crippen molar-refractivity contribution in [2.75, 3.05) is 19.6 Å². The molecule has 0 spiro atoms. The molecule has 120 valence electrons. The molecule has 0 aromatic heterocycles. The van der Waals surface area contributed by atoms with Gasteiger partial charge in [0.15, 0.2) is 0 Å². The third kappa shape index (κ3) is 3.40. The minimum atomic E-state index is 0.177. The zero-order valence-corrected chi connectivity index (χ0v) is 13.5. The summed E-state index contributed by atoms with van der Waals surface area (Å²) in [5, 5.41) is 5.99. The number of carbonyl (C=O) groups is 1. The number of hydrogen-bond donors (Lipinski definition) is 1. The van der Waals surface area contributed by atoms with Crippen molar-refractivity contribution in [2.45, 2.75) is 31.7 Å². The molecule has 0 bridgehead atoms. The Balaban J connectivity index is 1.38. The minimum absolute atomic E-state index is 0.177. The predicted molar refractivity (Wildman–Crippen MR) is 93.6 cm³/mol. The number of likely N-dealkylation sites (tertiary alicyclic amines) is 1. The highest BCUT2D eigenvalue weighted by Gasteiger charge is 2.26. The number of piperidine rings is 1. The van der Waals surface area contributed by atoms with Crippen LogP contribution < -0.4 is 5.32 Å². The van der Waals surface area contributed by atoms with Crippen molar-refractivity contribution in [1.82, 2.24) is 10.2 Å². The zero-order valence-electron chi connectivity index (χ0n) is 13.5. The molecule has 2 aromatic rings. The average Bonchev–Trinajstić information content (AvgIpc) is 3.44. The summed E-state index contributed by atoms with van der Waals surface area (Å²) < 4.78 is 0. The molecule has 3 nitrogen and oxygen atoms in total. The van der Waals surface area contributed by atoms with E-state index in [1.54, 1.807) is 0 Å². The molecule has 4 rings (SSSR count). The highest BCUT2D eigenvalue weighted by Crippen LogP contribution is 2.28. The monoisotopic (exact) mass is 308 g/mol. The van der Waals surface area contributed by atoms with Gasteiger partial charge in [0.2, 0.25) is 0 Å². The fourth-order valence-corrected chi connectivity index (χ4v) is 3.45. The number of nitrogens with one attached hydrogen (secondary N) is 1. The maximum atomic E-state index is 12.7. The Morgan fingerprint density at radius 2 is 1.74 bits per heavy atom. The van der Waals surface area contributed by atoms with Gasteiger partial charge < -0.3 is 10.2 Å². The summed E-state index contributed by atoms with van der Waals surface area (Å²) in [7, 11) is 0. The molecule has 0 unspecified atom stereocenters. The predicted octanol–water partition coefficient (Wildman–Crippen LogP) is 3.44. The second-order valence-electron chi connectivity index (χ2n) is 6.98. The van der Waals surface area contributed by atoms with Crippen LogP contribution in [0.25, 0.3) is 10.8 Å². The maximum Gasteiger partial charge on any atom is 0.253 e. The number of nitrogens with zero attached hydrogens (tertiary/aromatic N) is 1. The van der Waals surface area contributed by atoms with Crippen LogP contribution in [0.15, 0.2) is 42.5 Å². The van der Waals surface area contributed by atoms with Crippen molar-refractivity contribution in [3.05, 3.63) is 48.0 Å². The van der Waals surface area contributed by atoms with Crippen LogP contribution in [-0.2, 0) is 0 Å². The standard InChI is InChI=1S/C20H24N2O/c23-20(18-8-7-16-3-1-2-4-17(16)13-18)22-11-9-19(10-12-22)21-14-15-5-6-15/h1-4,7-8,13,15,19,21H,5-6,9-12,14H2. The van der Waals surface area contributed by atoms with Crippen molar-refractivity contribution < 1.29 is 4.79 Å². The van der Waals surface area contributed by atoms with Gasteiger partial charge in [-0.15, -0.1) is 0 Å². The molecule has 1 N–H and O–H groups in total. The van der Waals surface area contributed by atoms with Gasteiger partial charge in [-0.2, -0.15) is 0 Å². The first kappa shape index (κ1) is 14.7. The van der Waals surface area contributed by atoms with Crippen LogP contribution in [0.1, 0.15) is 36.0 Å². The lowest BCUT2D eigenvalue weighted by Gasteiger charge is -2.32. The van der Waals surface area contributed by atoms with E-state index < -0.39 is 0 Å². The van der Waals surface area contributed by atoms with Gasteiger partial charge in [0.25, 0.3) is 5.91 Å². The number of carbonyl (C=O) groups excluding carboxylic acids is 1. The molecule has 1 aliphatic carbocycles. The smallest absolute Gasteiger partial charge is 0.253 e. The summed E-state index contributed by atoms with van der Waals surface area (Å²) in [6.45, 7) is 2.91. The number of hydrogen-bond acceptors (Lipinski definition) is 2. The second-order valence-corrected chi connectivity index (χ2v) is 6.98. The van der Waals surface area contributed by atoms with Gasteiger partial charge in [-0.3, -0.25) is 4.79 Å². The van der Waals surface area contributed by atoms with E-state index >= 15 is 0 Å². The summed E-state index contributed by atoms with van der Waals surface area (Å²) in [6.07, 6.45) is 4.94. The summed E-state index contributed by atoms with van der Waals surface area (Å²) in [5.74, 6) is 1.10. The molecule has 2 aliphatic rings. The normalized spacial score (nSPS) is 19.2. The Morgan fingerprint density at radius 3 is 2.48 bits per heavy atom. The van der Waals surface area contributed by atoms with Gasteiger partial charge in [0, 0.05) is 24.7 Å². The van der Waals surface area contributed by atoms with E-state index in [4.69, 9.17) is 0 Å². The third-order valence-corrected chi connectivity index (χ3v) is 5.17. The van der Waals surface area contributed by atoms with Gasteiger partial charge in [-0.25, -0.2) is 0 Å². The topological polar surface area (TPSA) is 32.3 Å².